The van der Waals surface area contributed by atoms with E-state index in [0.29, 0.717) is 21.7 Å². The van der Waals surface area contributed by atoms with E-state index in [-0.39, 0.29) is 11.6 Å². The molecular formula is C14H15BrClN3O. The van der Waals surface area contributed by atoms with Gasteiger partial charge in [-0.05, 0) is 47.5 Å². The van der Waals surface area contributed by atoms with Crippen LogP contribution in [0, 0.1) is 0 Å². The van der Waals surface area contributed by atoms with E-state index in [1.54, 1.807) is 6.20 Å². The van der Waals surface area contributed by atoms with Crippen molar-refractivity contribution >= 4 is 33.2 Å². The quantitative estimate of drug-likeness (QED) is 0.905. The van der Waals surface area contributed by atoms with Crippen molar-refractivity contribution in [3.8, 4) is 0 Å². The molecule has 1 aromatic heterocycles. The fourth-order valence-electron chi connectivity index (χ4n) is 1.86. The molecule has 1 aromatic carbocycles. The molecule has 2 aromatic rings. The van der Waals surface area contributed by atoms with E-state index in [1.165, 1.54) is 4.68 Å². The smallest absolute Gasteiger partial charge is 0.283 e. The summed E-state index contributed by atoms with van der Waals surface area (Å²) in [4.78, 5) is 12.0. The molecule has 0 bridgehead atoms. The lowest BCUT2D eigenvalue weighted by Crippen LogP contribution is -2.24. The van der Waals surface area contributed by atoms with Gasteiger partial charge in [0.05, 0.1) is 11.9 Å². The molecule has 4 nitrogen and oxygen atoms in total. The molecule has 0 aliphatic rings. The van der Waals surface area contributed by atoms with E-state index in [1.807, 2.05) is 38.1 Å². The number of nitrogens with one attached hydrogen (secondary N) is 1. The highest BCUT2D eigenvalue weighted by Crippen LogP contribution is 2.24. The van der Waals surface area contributed by atoms with Gasteiger partial charge in [0.15, 0.2) is 0 Å². The zero-order valence-corrected chi connectivity index (χ0v) is 13.6. The Morgan fingerprint density at radius 3 is 2.65 bits per heavy atom. The molecule has 1 N–H and O–H groups in total. The van der Waals surface area contributed by atoms with Gasteiger partial charge in [-0.2, -0.15) is 5.10 Å². The van der Waals surface area contributed by atoms with Gasteiger partial charge in [-0.3, -0.25) is 4.79 Å². The monoisotopic (exact) mass is 355 g/mol. The lowest BCUT2D eigenvalue weighted by Gasteiger charge is -2.17. The third-order valence-corrected chi connectivity index (χ3v) is 4.04. The van der Waals surface area contributed by atoms with Gasteiger partial charge in [-0.15, -0.1) is 0 Å². The van der Waals surface area contributed by atoms with Gasteiger partial charge in [0.25, 0.3) is 5.56 Å². The van der Waals surface area contributed by atoms with Gasteiger partial charge in [0.1, 0.15) is 4.47 Å². The SMILES string of the molecule is CCn1ncc(NC(C)c2ccc(Cl)cc2)c(Br)c1=O. The van der Waals surface area contributed by atoms with Crippen molar-refractivity contribution in [1.29, 1.82) is 0 Å². The van der Waals surface area contributed by atoms with Crippen LogP contribution < -0.4 is 10.9 Å². The number of nitrogens with zero attached hydrogens (tertiary/aromatic N) is 2. The maximum Gasteiger partial charge on any atom is 0.283 e. The van der Waals surface area contributed by atoms with Crippen molar-refractivity contribution in [3.05, 3.63) is 55.9 Å². The number of rotatable bonds is 4. The molecule has 2 rings (SSSR count). The largest absolute Gasteiger partial charge is 0.376 e. The van der Waals surface area contributed by atoms with Gasteiger partial charge >= 0.3 is 0 Å². The zero-order chi connectivity index (χ0) is 14.7. The van der Waals surface area contributed by atoms with Gasteiger partial charge < -0.3 is 5.32 Å². The molecule has 1 unspecified atom stereocenters. The Kier molecular flexibility index (Phi) is 4.83. The highest BCUT2D eigenvalue weighted by molar-refractivity contribution is 9.10. The van der Waals surface area contributed by atoms with Crippen molar-refractivity contribution in [1.82, 2.24) is 9.78 Å². The Morgan fingerprint density at radius 1 is 1.40 bits per heavy atom. The summed E-state index contributed by atoms with van der Waals surface area (Å²) in [6, 6.07) is 7.64. The minimum absolute atomic E-state index is 0.0437. The van der Waals surface area contributed by atoms with E-state index in [9.17, 15) is 4.79 Å². The second-order valence-electron chi connectivity index (χ2n) is 4.41. The minimum atomic E-state index is -0.138. The summed E-state index contributed by atoms with van der Waals surface area (Å²) in [6.45, 7) is 4.44. The van der Waals surface area contributed by atoms with E-state index in [0.717, 1.165) is 5.56 Å². The first kappa shape index (κ1) is 15.1. The standard InChI is InChI=1S/C14H15BrClN3O/c1-3-19-14(20)13(15)12(8-17-19)18-9(2)10-4-6-11(16)7-5-10/h4-9,18H,3H2,1-2H3. The third kappa shape index (κ3) is 3.22. The first-order valence-electron chi connectivity index (χ1n) is 6.30. The second kappa shape index (κ2) is 6.41. The number of hydrogen-bond acceptors (Lipinski definition) is 3. The van der Waals surface area contributed by atoms with Crippen LogP contribution >= 0.6 is 27.5 Å². The number of benzene rings is 1. The molecule has 0 saturated heterocycles. The normalized spacial score (nSPS) is 12.2. The highest BCUT2D eigenvalue weighted by Gasteiger charge is 2.11. The third-order valence-electron chi connectivity index (χ3n) is 3.03. The average molecular weight is 357 g/mol. The van der Waals surface area contributed by atoms with Crippen molar-refractivity contribution in [2.24, 2.45) is 0 Å². The molecule has 0 amide bonds. The molecule has 0 aliphatic carbocycles. The molecule has 6 heteroatoms. The number of aromatic nitrogens is 2. The Labute approximate surface area is 130 Å². The van der Waals surface area contributed by atoms with Crippen LogP contribution in [0.4, 0.5) is 5.69 Å². The Hall–Kier alpha value is -1.33. The summed E-state index contributed by atoms with van der Waals surface area (Å²) in [6.07, 6.45) is 1.65. The topological polar surface area (TPSA) is 46.9 Å². The lowest BCUT2D eigenvalue weighted by molar-refractivity contribution is 0.612. The highest BCUT2D eigenvalue weighted by atomic mass is 79.9. The molecule has 20 heavy (non-hydrogen) atoms. The average Bonchev–Trinajstić information content (AvgIpc) is 2.45. The Morgan fingerprint density at radius 2 is 2.05 bits per heavy atom. The van der Waals surface area contributed by atoms with Gasteiger partial charge in [0, 0.05) is 17.6 Å². The number of aryl methyl sites for hydroxylation is 1. The van der Waals surface area contributed by atoms with Gasteiger partial charge in [0.2, 0.25) is 0 Å². The minimum Gasteiger partial charge on any atom is -0.376 e. The van der Waals surface area contributed by atoms with Crippen molar-refractivity contribution < 1.29 is 0 Å². The predicted molar refractivity (Wildman–Crippen MR) is 85.4 cm³/mol. The summed E-state index contributed by atoms with van der Waals surface area (Å²) >= 11 is 9.20. The number of anilines is 1. The number of halogens is 2. The van der Waals surface area contributed by atoms with Crippen LogP contribution in [-0.2, 0) is 6.54 Å². The molecule has 0 spiro atoms. The van der Waals surface area contributed by atoms with E-state index < -0.39 is 0 Å². The van der Waals surface area contributed by atoms with Gasteiger partial charge in [-0.25, -0.2) is 4.68 Å². The molecule has 0 radical (unpaired) electrons. The first-order valence-corrected chi connectivity index (χ1v) is 7.47. The van der Waals surface area contributed by atoms with Gasteiger partial charge in [-0.1, -0.05) is 23.7 Å². The number of hydrogen-bond donors (Lipinski definition) is 1. The fraction of sp³-hybridized carbons (Fsp3) is 0.286. The van der Waals surface area contributed by atoms with Crippen LogP contribution in [0.15, 0.2) is 39.7 Å². The molecule has 1 atom stereocenters. The van der Waals surface area contributed by atoms with Crippen LogP contribution in [-0.4, -0.2) is 9.78 Å². The van der Waals surface area contributed by atoms with Crippen molar-refractivity contribution in [2.75, 3.05) is 5.32 Å². The zero-order valence-electron chi connectivity index (χ0n) is 11.2. The van der Waals surface area contributed by atoms with Crippen LogP contribution in [0.5, 0.6) is 0 Å². The molecule has 106 valence electrons. The molecule has 0 fully saturated rings. The fourth-order valence-corrected chi connectivity index (χ4v) is 2.41. The Balaban J connectivity index is 2.24. The summed E-state index contributed by atoms with van der Waals surface area (Å²) in [7, 11) is 0. The predicted octanol–water partition coefficient (Wildman–Crippen LogP) is 3.85. The summed E-state index contributed by atoms with van der Waals surface area (Å²) < 4.78 is 1.90. The molecule has 0 saturated carbocycles. The second-order valence-corrected chi connectivity index (χ2v) is 5.64. The van der Waals surface area contributed by atoms with Crippen LogP contribution in [0.25, 0.3) is 0 Å². The van der Waals surface area contributed by atoms with E-state index in [2.05, 4.69) is 26.3 Å². The summed E-state index contributed by atoms with van der Waals surface area (Å²) in [5.74, 6) is 0. The first-order chi connectivity index (χ1) is 9.52. The lowest BCUT2D eigenvalue weighted by atomic mass is 10.1. The Bertz CT molecular complexity index is 654. The molecule has 0 aliphatic heterocycles. The maximum atomic E-state index is 12.0. The van der Waals surface area contributed by atoms with Crippen molar-refractivity contribution in [3.63, 3.8) is 0 Å². The van der Waals surface area contributed by atoms with Crippen molar-refractivity contribution in [2.45, 2.75) is 26.4 Å². The van der Waals surface area contributed by atoms with Crippen LogP contribution in [0.2, 0.25) is 5.02 Å². The van der Waals surface area contributed by atoms with E-state index >= 15 is 0 Å². The summed E-state index contributed by atoms with van der Waals surface area (Å²) in [5, 5.41) is 8.08. The van der Waals surface area contributed by atoms with E-state index in [4.69, 9.17) is 11.6 Å². The van der Waals surface area contributed by atoms with Crippen LogP contribution in [0.3, 0.4) is 0 Å². The molecule has 1 heterocycles. The molecular weight excluding hydrogens is 342 g/mol. The summed E-state index contributed by atoms with van der Waals surface area (Å²) in [5.41, 5.74) is 1.63. The van der Waals surface area contributed by atoms with Crippen LogP contribution in [0.1, 0.15) is 25.5 Å². The maximum absolute atomic E-state index is 12.0.